The molecule has 3 N–H and O–H groups in total. The van der Waals surface area contributed by atoms with E-state index in [-0.39, 0.29) is 5.11 Å². The standard InChI is InChI=1S/C19H22ClN5S/c20-17-2-1-3-18(12-17)25-10-8-24(9-11-25)14-16-6-4-15(5-7-16)13-22-23-19(21)26/h1-7,12-13H,8-11,14H2,(H3,21,23,26)/b22-13+. The summed E-state index contributed by atoms with van der Waals surface area (Å²) in [4.78, 5) is 4.86. The molecule has 0 radical (unpaired) electrons. The van der Waals surface area contributed by atoms with Gasteiger partial charge in [0.15, 0.2) is 5.11 Å². The van der Waals surface area contributed by atoms with E-state index < -0.39 is 0 Å². The fourth-order valence-corrected chi connectivity index (χ4v) is 3.21. The highest BCUT2D eigenvalue weighted by Crippen LogP contribution is 2.21. The van der Waals surface area contributed by atoms with Crippen molar-refractivity contribution in [2.24, 2.45) is 10.8 Å². The van der Waals surface area contributed by atoms with Gasteiger partial charge in [-0.15, -0.1) is 0 Å². The molecule has 0 aromatic heterocycles. The number of thiocarbonyl (C=S) groups is 1. The van der Waals surface area contributed by atoms with Crippen molar-refractivity contribution in [1.82, 2.24) is 10.3 Å². The maximum atomic E-state index is 6.10. The number of nitrogens with two attached hydrogens (primary N) is 1. The van der Waals surface area contributed by atoms with Gasteiger partial charge in [0, 0.05) is 43.4 Å². The third-order valence-electron chi connectivity index (χ3n) is 4.32. The Morgan fingerprint density at radius 2 is 1.88 bits per heavy atom. The van der Waals surface area contributed by atoms with Gasteiger partial charge in [0.1, 0.15) is 0 Å². The van der Waals surface area contributed by atoms with Crippen molar-refractivity contribution in [3.05, 3.63) is 64.7 Å². The van der Waals surface area contributed by atoms with E-state index in [1.165, 1.54) is 11.3 Å². The Bertz CT molecular complexity index is 770. The summed E-state index contributed by atoms with van der Waals surface area (Å²) in [6.45, 7) is 5.04. The average Bonchev–Trinajstić information content (AvgIpc) is 2.63. The number of nitrogens with one attached hydrogen (secondary N) is 1. The first kappa shape index (κ1) is 18.6. The van der Waals surface area contributed by atoms with Crippen LogP contribution in [-0.4, -0.2) is 42.4 Å². The number of hydrogen-bond acceptors (Lipinski definition) is 4. The third-order valence-corrected chi connectivity index (χ3v) is 4.65. The van der Waals surface area contributed by atoms with Gasteiger partial charge in [-0.05, 0) is 41.5 Å². The lowest BCUT2D eigenvalue weighted by Crippen LogP contribution is -2.45. The SMILES string of the molecule is NC(=S)N/N=C/c1ccc(CN2CCN(c3cccc(Cl)c3)CC2)cc1. The lowest BCUT2D eigenvalue weighted by Gasteiger charge is -2.36. The number of rotatable bonds is 5. The summed E-state index contributed by atoms with van der Waals surface area (Å²) >= 11 is 10.8. The predicted octanol–water partition coefficient (Wildman–Crippen LogP) is 2.83. The van der Waals surface area contributed by atoms with Gasteiger partial charge >= 0.3 is 0 Å². The summed E-state index contributed by atoms with van der Waals surface area (Å²) < 4.78 is 0. The first-order valence-corrected chi connectivity index (χ1v) is 9.29. The molecule has 1 aliphatic rings. The topological polar surface area (TPSA) is 56.9 Å². The Morgan fingerprint density at radius 3 is 2.54 bits per heavy atom. The maximum Gasteiger partial charge on any atom is 0.184 e. The van der Waals surface area contributed by atoms with Gasteiger partial charge in [0.25, 0.3) is 0 Å². The van der Waals surface area contributed by atoms with E-state index >= 15 is 0 Å². The molecule has 0 spiro atoms. The molecule has 136 valence electrons. The maximum absolute atomic E-state index is 6.10. The molecule has 0 amide bonds. The molecule has 1 fully saturated rings. The number of nitrogens with zero attached hydrogens (tertiary/aromatic N) is 3. The van der Waals surface area contributed by atoms with Crippen LogP contribution in [0.3, 0.4) is 0 Å². The van der Waals surface area contributed by atoms with Gasteiger partial charge in [-0.25, -0.2) is 0 Å². The zero-order valence-electron chi connectivity index (χ0n) is 14.4. The van der Waals surface area contributed by atoms with Crippen LogP contribution in [0.15, 0.2) is 53.6 Å². The van der Waals surface area contributed by atoms with Gasteiger partial charge < -0.3 is 10.6 Å². The molecule has 0 bridgehead atoms. The summed E-state index contributed by atoms with van der Waals surface area (Å²) in [6.07, 6.45) is 1.70. The van der Waals surface area contributed by atoms with Crippen LogP contribution in [0.1, 0.15) is 11.1 Å². The highest BCUT2D eigenvalue weighted by Gasteiger charge is 2.17. The van der Waals surface area contributed by atoms with Crippen LogP contribution in [0, 0.1) is 0 Å². The summed E-state index contributed by atoms with van der Waals surface area (Å²) in [5.41, 5.74) is 11.4. The third kappa shape index (κ3) is 5.42. The fourth-order valence-electron chi connectivity index (χ4n) is 2.97. The Kier molecular flexibility index (Phi) is 6.44. The van der Waals surface area contributed by atoms with Crippen LogP contribution in [0.4, 0.5) is 5.69 Å². The molecular formula is C19H22ClN5S. The molecule has 0 saturated carbocycles. The molecule has 0 aliphatic carbocycles. The number of benzene rings is 2. The van der Waals surface area contributed by atoms with Crippen molar-refractivity contribution in [2.75, 3.05) is 31.1 Å². The monoisotopic (exact) mass is 387 g/mol. The number of hydrazone groups is 1. The largest absolute Gasteiger partial charge is 0.375 e. The first-order valence-electron chi connectivity index (χ1n) is 8.50. The van der Waals surface area contributed by atoms with Gasteiger partial charge in [-0.1, -0.05) is 41.9 Å². The normalized spacial score (nSPS) is 15.3. The lowest BCUT2D eigenvalue weighted by molar-refractivity contribution is 0.250. The lowest BCUT2D eigenvalue weighted by atomic mass is 10.1. The number of hydrogen-bond donors (Lipinski definition) is 2. The molecule has 7 heteroatoms. The molecule has 2 aromatic rings. The first-order chi connectivity index (χ1) is 12.6. The molecular weight excluding hydrogens is 366 g/mol. The molecule has 26 heavy (non-hydrogen) atoms. The van der Waals surface area contributed by atoms with E-state index in [4.69, 9.17) is 29.6 Å². The summed E-state index contributed by atoms with van der Waals surface area (Å²) in [7, 11) is 0. The van der Waals surface area contributed by atoms with Gasteiger partial charge in [0.2, 0.25) is 0 Å². The van der Waals surface area contributed by atoms with Crippen molar-refractivity contribution >= 4 is 40.8 Å². The van der Waals surface area contributed by atoms with Crippen molar-refractivity contribution in [3.63, 3.8) is 0 Å². The van der Waals surface area contributed by atoms with E-state index in [1.54, 1.807) is 6.21 Å². The smallest absolute Gasteiger partial charge is 0.184 e. The second-order valence-electron chi connectivity index (χ2n) is 6.22. The van der Waals surface area contributed by atoms with E-state index in [1.807, 2.05) is 30.3 Å². The Balaban J connectivity index is 1.50. The van der Waals surface area contributed by atoms with Crippen LogP contribution >= 0.6 is 23.8 Å². The number of halogens is 1. The van der Waals surface area contributed by atoms with Gasteiger partial charge in [-0.2, -0.15) is 5.10 Å². The minimum absolute atomic E-state index is 0.162. The second kappa shape index (κ2) is 8.98. The van der Waals surface area contributed by atoms with Crippen LogP contribution in [0.5, 0.6) is 0 Å². The van der Waals surface area contributed by atoms with E-state index in [2.05, 4.69) is 38.5 Å². The average molecular weight is 388 g/mol. The fraction of sp³-hybridized carbons (Fsp3) is 0.263. The molecule has 1 aliphatic heterocycles. The second-order valence-corrected chi connectivity index (χ2v) is 7.10. The Morgan fingerprint density at radius 1 is 1.15 bits per heavy atom. The van der Waals surface area contributed by atoms with E-state index in [0.29, 0.717) is 0 Å². The number of piperazine rings is 1. The van der Waals surface area contributed by atoms with Crippen LogP contribution in [0.2, 0.25) is 5.02 Å². The van der Waals surface area contributed by atoms with Crippen molar-refractivity contribution in [1.29, 1.82) is 0 Å². The molecule has 1 saturated heterocycles. The Hall–Kier alpha value is -2.15. The van der Waals surface area contributed by atoms with E-state index in [0.717, 1.165) is 43.3 Å². The summed E-state index contributed by atoms with van der Waals surface area (Å²) in [5.74, 6) is 0. The van der Waals surface area contributed by atoms with Crippen LogP contribution in [-0.2, 0) is 6.54 Å². The molecule has 0 atom stereocenters. The van der Waals surface area contributed by atoms with E-state index in [9.17, 15) is 0 Å². The molecule has 0 unspecified atom stereocenters. The molecule has 3 rings (SSSR count). The molecule has 1 heterocycles. The van der Waals surface area contributed by atoms with Crippen LogP contribution in [0.25, 0.3) is 0 Å². The van der Waals surface area contributed by atoms with Crippen molar-refractivity contribution < 1.29 is 0 Å². The Labute approximate surface area is 164 Å². The zero-order valence-corrected chi connectivity index (χ0v) is 16.0. The summed E-state index contributed by atoms with van der Waals surface area (Å²) in [6, 6.07) is 16.4. The minimum Gasteiger partial charge on any atom is -0.375 e. The highest BCUT2D eigenvalue weighted by atomic mass is 35.5. The predicted molar refractivity (Wildman–Crippen MR) is 113 cm³/mol. The summed E-state index contributed by atoms with van der Waals surface area (Å²) in [5, 5.41) is 4.91. The minimum atomic E-state index is 0.162. The van der Waals surface area contributed by atoms with Gasteiger partial charge in [-0.3, -0.25) is 10.3 Å². The number of anilines is 1. The molecule has 5 nitrogen and oxygen atoms in total. The van der Waals surface area contributed by atoms with Crippen molar-refractivity contribution in [3.8, 4) is 0 Å². The van der Waals surface area contributed by atoms with Gasteiger partial charge in [0.05, 0.1) is 6.21 Å². The zero-order chi connectivity index (χ0) is 18.4. The quantitative estimate of drug-likeness (QED) is 0.469. The molecule has 2 aromatic carbocycles. The van der Waals surface area contributed by atoms with Crippen molar-refractivity contribution in [2.45, 2.75) is 6.54 Å². The highest BCUT2D eigenvalue weighted by molar-refractivity contribution is 7.80. The van der Waals surface area contributed by atoms with Crippen LogP contribution < -0.4 is 16.1 Å².